The number of hydrogen-bond acceptors (Lipinski definition) is 4. The van der Waals surface area contributed by atoms with E-state index in [4.69, 9.17) is 14.9 Å². The van der Waals surface area contributed by atoms with E-state index in [9.17, 15) is 4.79 Å². The number of benzene rings is 1. The van der Waals surface area contributed by atoms with Crippen molar-refractivity contribution in [3.63, 3.8) is 0 Å². The maximum absolute atomic E-state index is 11.7. The molecule has 0 aliphatic rings. The van der Waals surface area contributed by atoms with Gasteiger partial charge >= 0.3 is 0 Å². The fraction of sp³-hybridized carbons (Fsp3) is 0.214. The first-order valence-corrected chi connectivity index (χ1v) is 6.03. The molecule has 0 aliphatic heterocycles. The lowest BCUT2D eigenvalue weighted by Gasteiger charge is -2.09. The maximum atomic E-state index is 11.7. The summed E-state index contributed by atoms with van der Waals surface area (Å²) in [4.78, 5) is 11.7. The molecule has 3 N–H and O–H groups in total. The molecule has 5 nitrogen and oxygen atoms in total. The van der Waals surface area contributed by atoms with Crippen molar-refractivity contribution in [2.24, 2.45) is 0 Å². The number of anilines is 1. The smallest absolute Gasteiger partial charge is 0.251 e. The Morgan fingerprint density at radius 3 is 2.95 bits per heavy atom. The molecule has 1 aromatic carbocycles. The summed E-state index contributed by atoms with van der Waals surface area (Å²) in [6, 6.07) is 8.54. The zero-order valence-electron chi connectivity index (χ0n) is 10.7. The fourth-order valence-corrected chi connectivity index (χ4v) is 1.61. The van der Waals surface area contributed by atoms with Crippen molar-refractivity contribution >= 4 is 11.6 Å². The largest absolute Gasteiger partial charge is 0.483 e. The van der Waals surface area contributed by atoms with Gasteiger partial charge in [0.15, 0.2) is 0 Å². The zero-order valence-corrected chi connectivity index (χ0v) is 10.7. The highest BCUT2D eigenvalue weighted by molar-refractivity contribution is 5.95. The van der Waals surface area contributed by atoms with Gasteiger partial charge in [-0.15, -0.1) is 0 Å². The van der Waals surface area contributed by atoms with E-state index in [1.54, 1.807) is 30.5 Å². The van der Waals surface area contributed by atoms with Crippen LogP contribution in [0.4, 0.5) is 5.69 Å². The number of ether oxygens (including phenoxy) is 1. The number of carbonyl (C=O) groups is 1. The van der Waals surface area contributed by atoms with Gasteiger partial charge in [-0.25, -0.2) is 0 Å². The first kappa shape index (κ1) is 13.0. The van der Waals surface area contributed by atoms with Gasteiger partial charge < -0.3 is 20.2 Å². The van der Waals surface area contributed by atoms with Crippen LogP contribution in [0.1, 0.15) is 23.0 Å². The van der Waals surface area contributed by atoms with Crippen LogP contribution in [-0.2, 0) is 6.61 Å². The molecule has 0 bridgehead atoms. The Morgan fingerprint density at radius 2 is 2.26 bits per heavy atom. The Balaban J connectivity index is 2.10. The molecule has 0 radical (unpaired) electrons. The van der Waals surface area contributed by atoms with E-state index >= 15 is 0 Å². The number of carbonyl (C=O) groups excluding carboxylic acids is 1. The summed E-state index contributed by atoms with van der Waals surface area (Å²) in [5, 5.41) is 2.72. The van der Waals surface area contributed by atoms with Gasteiger partial charge in [0.1, 0.15) is 18.1 Å². The average Bonchev–Trinajstić information content (AvgIpc) is 2.91. The molecular weight excluding hydrogens is 244 g/mol. The summed E-state index contributed by atoms with van der Waals surface area (Å²) in [6.45, 7) is 2.71. The Labute approximate surface area is 111 Å². The van der Waals surface area contributed by atoms with Gasteiger partial charge in [-0.05, 0) is 37.3 Å². The average molecular weight is 260 g/mol. The molecule has 0 spiro atoms. The Kier molecular flexibility index (Phi) is 4.07. The second kappa shape index (κ2) is 5.95. The molecule has 1 heterocycles. The molecular formula is C14H16N2O3. The van der Waals surface area contributed by atoms with E-state index < -0.39 is 0 Å². The highest BCUT2D eigenvalue weighted by Crippen LogP contribution is 2.24. The van der Waals surface area contributed by atoms with Crippen LogP contribution in [-0.4, -0.2) is 12.5 Å². The maximum Gasteiger partial charge on any atom is 0.251 e. The van der Waals surface area contributed by atoms with Crippen molar-refractivity contribution < 1.29 is 13.9 Å². The predicted molar refractivity (Wildman–Crippen MR) is 71.9 cm³/mol. The number of nitrogen functional groups attached to an aromatic ring is 1. The molecule has 0 saturated heterocycles. The molecule has 0 unspecified atom stereocenters. The van der Waals surface area contributed by atoms with Crippen molar-refractivity contribution in [1.82, 2.24) is 5.32 Å². The Bertz CT molecular complexity index is 550. The molecule has 0 aliphatic carbocycles. The van der Waals surface area contributed by atoms with E-state index in [2.05, 4.69) is 5.32 Å². The van der Waals surface area contributed by atoms with Crippen molar-refractivity contribution in [2.75, 3.05) is 12.3 Å². The standard InChI is InChI=1S/C14H16N2O3/c1-2-16-14(17)10-5-6-12(15)13(8-10)19-9-11-4-3-7-18-11/h3-8H,2,9,15H2,1H3,(H,16,17). The molecule has 0 saturated carbocycles. The third kappa shape index (κ3) is 3.28. The minimum atomic E-state index is -0.148. The van der Waals surface area contributed by atoms with Crippen molar-refractivity contribution in [2.45, 2.75) is 13.5 Å². The number of nitrogens with one attached hydrogen (secondary N) is 1. The number of hydrogen-bond donors (Lipinski definition) is 2. The highest BCUT2D eigenvalue weighted by Gasteiger charge is 2.09. The molecule has 19 heavy (non-hydrogen) atoms. The highest BCUT2D eigenvalue weighted by atomic mass is 16.5. The third-order valence-electron chi connectivity index (χ3n) is 2.56. The summed E-state index contributed by atoms with van der Waals surface area (Å²) in [5.74, 6) is 1.02. The number of rotatable bonds is 5. The van der Waals surface area contributed by atoms with Crippen LogP contribution in [0.5, 0.6) is 5.75 Å². The van der Waals surface area contributed by atoms with Gasteiger partial charge in [0.2, 0.25) is 0 Å². The van der Waals surface area contributed by atoms with E-state index in [0.29, 0.717) is 29.3 Å². The molecule has 2 rings (SSSR count). The SMILES string of the molecule is CCNC(=O)c1ccc(N)c(OCc2ccco2)c1. The van der Waals surface area contributed by atoms with Crippen LogP contribution in [0, 0.1) is 0 Å². The second-order valence-electron chi connectivity index (χ2n) is 3.98. The van der Waals surface area contributed by atoms with Gasteiger partial charge in [-0.1, -0.05) is 0 Å². The Hall–Kier alpha value is -2.43. The van der Waals surface area contributed by atoms with Crippen LogP contribution >= 0.6 is 0 Å². The lowest BCUT2D eigenvalue weighted by molar-refractivity contribution is 0.0955. The van der Waals surface area contributed by atoms with Crippen LogP contribution in [0.3, 0.4) is 0 Å². The first-order valence-electron chi connectivity index (χ1n) is 6.03. The molecule has 1 amide bonds. The van der Waals surface area contributed by atoms with Crippen LogP contribution in [0.2, 0.25) is 0 Å². The lowest BCUT2D eigenvalue weighted by atomic mass is 10.2. The van der Waals surface area contributed by atoms with E-state index in [0.717, 1.165) is 0 Å². The fourth-order valence-electron chi connectivity index (χ4n) is 1.61. The zero-order chi connectivity index (χ0) is 13.7. The lowest BCUT2D eigenvalue weighted by Crippen LogP contribution is -2.22. The predicted octanol–water partition coefficient (Wildman–Crippen LogP) is 2.19. The van der Waals surface area contributed by atoms with Crippen LogP contribution in [0.25, 0.3) is 0 Å². The third-order valence-corrected chi connectivity index (χ3v) is 2.56. The van der Waals surface area contributed by atoms with Gasteiger partial charge in [0, 0.05) is 12.1 Å². The van der Waals surface area contributed by atoms with Crippen molar-refractivity contribution in [1.29, 1.82) is 0 Å². The number of furan rings is 1. The van der Waals surface area contributed by atoms with Gasteiger partial charge in [-0.3, -0.25) is 4.79 Å². The van der Waals surface area contributed by atoms with Crippen molar-refractivity contribution in [3.05, 3.63) is 47.9 Å². The molecule has 0 fully saturated rings. The van der Waals surface area contributed by atoms with E-state index in [-0.39, 0.29) is 12.5 Å². The summed E-state index contributed by atoms with van der Waals surface area (Å²) in [5.41, 5.74) is 6.82. The molecule has 0 atom stereocenters. The minimum Gasteiger partial charge on any atom is -0.483 e. The van der Waals surface area contributed by atoms with Crippen molar-refractivity contribution in [3.8, 4) is 5.75 Å². The minimum absolute atomic E-state index is 0.148. The summed E-state index contributed by atoms with van der Waals surface area (Å²) in [6.07, 6.45) is 1.58. The van der Waals surface area contributed by atoms with E-state index in [1.807, 2.05) is 13.0 Å². The quantitative estimate of drug-likeness (QED) is 0.808. The number of amides is 1. The monoisotopic (exact) mass is 260 g/mol. The van der Waals surface area contributed by atoms with Gasteiger partial charge in [0.05, 0.1) is 12.0 Å². The second-order valence-corrected chi connectivity index (χ2v) is 3.98. The summed E-state index contributed by atoms with van der Waals surface area (Å²) >= 11 is 0. The normalized spacial score (nSPS) is 10.2. The molecule has 100 valence electrons. The molecule has 2 aromatic rings. The first-order chi connectivity index (χ1) is 9.20. The van der Waals surface area contributed by atoms with E-state index in [1.165, 1.54) is 0 Å². The summed E-state index contributed by atoms with van der Waals surface area (Å²) < 4.78 is 10.7. The van der Waals surface area contributed by atoms with Gasteiger partial charge in [0.25, 0.3) is 5.91 Å². The topological polar surface area (TPSA) is 77.5 Å². The Morgan fingerprint density at radius 1 is 1.42 bits per heavy atom. The molecule has 1 aromatic heterocycles. The summed E-state index contributed by atoms with van der Waals surface area (Å²) in [7, 11) is 0. The molecule has 5 heteroatoms. The van der Waals surface area contributed by atoms with Gasteiger partial charge in [-0.2, -0.15) is 0 Å². The van der Waals surface area contributed by atoms with Crippen LogP contribution < -0.4 is 15.8 Å². The number of nitrogens with two attached hydrogens (primary N) is 1. The van der Waals surface area contributed by atoms with Crippen LogP contribution in [0.15, 0.2) is 41.0 Å².